The molecule has 2 aromatic rings. The molecule has 0 aliphatic carbocycles. The average molecular weight is 350 g/mol. The first kappa shape index (κ1) is 16.2. The van der Waals surface area contributed by atoms with Crippen LogP contribution in [-0.2, 0) is 13.0 Å². The average Bonchev–Trinajstić information content (AvgIpc) is 2.68. The largest absolute Gasteiger partial charge is 0.314 e. The van der Waals surface area contributed by atoms with Crippen molar-refractivity contribution in [2.24, 2.45) is 0 Å². The van der Waals surface area contributed by atoms with Gasteiger partial charge in [0.2, 0.25) is 0 Å². The summed E-state index contributed by atoms with van der Waals surface area (Å²) in [4.78, 5) is 0. The van der Waals surface area contributed by atoms with Crippen molar-refractivity contribution < 1.29 is 0 Å². The van der Waals surface area contributed by atoms with Crippen LogP contribution in [0, 0.1) is 13.8 Å². The van der Waals surface area contributed by atoms with Crippen molar-refractivity contribution in [3.05, 3.63) is 51.3 Å². The van der Waals surface area contributed by atoms with Crippen LogP contribution in [-0.4, -0.2) is 22.4 Å². The summed E-state index contributed by atoms with van der Waals surface area (Å²) in [5, 5.41) is 8.00. The first-order valence-corrected chi connectivity index (χ1v) is 8.27. The molecule has 0 atom stereocenters. The maximum atomic E-state index is 4.56. The van der Waals surface area contributed by atoms with Gasteiger partial charge in [0.1, 0.15) is 0 Å². The molecule has 0 aliphatic rings. The Morgan fingerprint density at radius 2 is 1.76 bits per heavy atom. The second-order valence-electron chi connectivity index (χ2n) is 5.82. The van der Waals surface area contributed by atoms with Crippen molar-refractivity contribution >= 4 is 15.9 Å². The molecule has 4 heteroatoms. The van der Waals surface area contributed by atoms with Gasteiger partial charge in [0, 0.05) is 6.04 Å². The Labute approximate surface area is 135 Å². The molecule has 3 nitrogen and oxygen atoms in total. The SMILES string of the molecule is Cc1nn(Cc2ccc(CCNC(C)C)cc2)c(C)c1Br. The van der Waals surface area contributed by atoms with Crippen molar-refractivity contribution in [2.75, 3.05) is 6.54 Å². The Hall–Kier alpha value is -1.13. The lowest BCUT2D eigenvalue weighted by atomic mass is 10.1. The molecule has 21 heavy (non-hydrogen) atoms. The number of rotatable bonds is 6. The third kappa shape index (κ3) is 4.42. The molecule has 0 amide bonds. The maximum absolute atomic E-state index is 4.56. The molecule has 0 saturated heterocycles. The van der Waals surface area contributed by atoms with E-state index in [4.69, 9.17) is 0 Å². The summed E-state index contributed by atoms with van der Waals surface area (Å²) < 4.78 is 3.16. The lowest BCUT2D eigenvalue weighted by molar-refractivity contribution is 0.590. The smallest absolute Gasteiger partial charge is 0.0738 e. The molecule has 2 rings (SSSR count). The van der Waals surface area contributed by atoms with E-state index in [-0.39, 0.29) is 0 Å². The molecule has 0 bridgehead atoms. The molecule has 0 saturated carbocycles. The minimum absolute atomic E-state index is 0.550. The Kier molecular flexibility index (Phi) is 5.59. The van der Waals surface area contributed by atoms with E-state index in [1.807, 2.05) is 6.92 Å². The third-order valence-corrected chi connectivity index (χ3v) is 4.76. The number of halogens is 1. The molecule has 1 aromatic heterocycles. The first-order valence-electron chi connectivity index (χ1n) is 7.48. The molecule has 0 spiro atoms. The van der Waals surface area contributed by atoms with Crippen molar-refractivity contribution in [1.29, 1.82) is 0 Å². The van der Waals surface area contributed by atoms with Crippen LogP contribution in [0.5, 0.6) is 0 Å². The highest BCUT2D eigenvalue weighted by Crippen LogP contribution is 2.20. The molecule has 1 aromatic carbocycles. The van der Waals surface area contributed by atoms with Crippen LogP contribution in [0.1, 0.15) is 36.4 Å². The zero-order valence-electron chi connectivity index (χ0n) is 13.3. The van der Waals surface area contributed by atoms with Gasteiger partial charge in [-0.3, -0.25) is 4.68 Å². The Morgan fingerprint density at radius 3 is 2.29 bits per heavy atom. The summed E-state index contributed by atoms with van der Waals surface area (Å²) in [5.41, 5.74) is 4.89. The van der Waals surface area contributed by atoms with E-state index in [0.29, 0.717) is 6.04 Å². The van der Waals surface area contributed by atoms with Crippen LogP contribution < -0.4 is 5.32 Å². The lowest BCUT2D eigenvalue weighted by Gasteiger charge is -2.09. The van der Waals surface area contributed by atoms with Crippen LogP contribution in [0.15, 0.2) is 28.7 Å². The van der Waals surface area contributed by atoms with Crippen molar-refractivity contribution in [2.45, 2.75) is 46.7 Å². The van der Waals surface area contributed by atoms with E-state index < -0.39 is 0 Å². The zero-order valence-corrected chi connectivity index (χ0v) is 14.9. The van der Waals surface area contributed by atoms with E-state index >= 15 is 0 Å². The third-order valence-electron chi connectivity index (χ3n) is 3.61. The maximum Gasteiger partial charge on any atom is 0.0738 e. The van der Waals surface area contributed by atoms with E-state index in [2.05, 4.69) is 76.1 Å². The number of aromatic nitrogens is 2. The minimum Gasteiger partial charge on any atom is -0.314 e. The Bertz CT molecular complexity index is 585. The molecule has 1 N–H and O–H groups in total. The number of hydrogen-bond acceptors (Lipinski definition) is 2. The zero-order chi connectivity index (χ0) is 15.4. The quantitative estimate of drug-likeness (QED) is 0.858. The summed E-state index contributed by atoms with van der Waals surface area (Å²) >= 11 is 3.57. The normalized spacial score (nSPS) is 11.3. The molecular weight excluding hydrogens is 326 g/mol. The monoisotopic (exact) mass is 349 g/mol. The van der Waals surface area contributed by atoms with E-state index in [0.717, 1.165) is 29.7 Å². The van der Waals surface area contributed by atoms with Gasteiger partial charge in [-0.2, -0.15) is 5.10 Å². The Morgan fingerprint density at radius 1 is 1.14 bits per heavy atom. The van der Waals surface area contributed by atoms with Gasteiger partial charge in [-0.15, -0.1) is 0 Å². The molecule has 0 radical (unpaired) electrons. The standard InChI is InChI=1S/C17H24BrN3/c1-12(2)19-10-9-15-5-7-16(8-6-15)11-21-14(4)17(18)13(3)20-21/h5-8,12,19H,9-11H2,1-4H3. The molecule has 0 fully saturated rings. The van der Waals surface area contributed by atoms with Crippen molar-refractivity contribution in [3.63, 3.8) is 0 Å². The number of hydrogen-bond donors (Lipinski definition) is 1. The van der Waals surface area contributed by atoms with Crippen LogP contribution in [0.3, 0.4) is 0 Å². The fourth-order valence-electron chi connectivity index (χ4n) is 2.32. The number of nitrogens with zero attached hydrogens (tertiary/aromatic N) is 2. The van der Waals surface area contributed by atoms with Gasteiger partial charge in [0.05, 0.1) is 22.4 Å². The van der Waals surface area contributed by atoms with Gasteiger partial charge in [-0.25, -0.2) is 0 Å². The predicted octanol–water partition coefficient (Wildman–Crippen LogP) is 3.85. The topological polar surface area (TPSA) is 29.9 Å². The van der Waals surface area contributed by atoms with Crippen LogP contribution in [0.2, 0.25) is 0 Å². The minimum atomic E-state index is 0.550. The predicted molar refractivity (Wildman–Crippen MR) is 91.8 cm³/mol. The molecule has 0 aliphatic heterocycles. The van der Waals surface area contributed by atoms with Gasteiger partial charge in [-0.1, -0.05) is 38.1 Å². The molecule has 114 valence electrons. The number of aryl methyl sites for hydroxylation is 1. The summed E-state index contributed by atoms with van der Waals surface area (Å²) in [7, 11) is 0. The fourth-order valence-corrected chi connectivity index (χ4v) is 2.60. The van der Waals surface area contributed by atoms with Gasteiger partial charge in [0.15, 0.2) is 0 Å². The van der Waals surface area contributed by atoms with Crippen molar-refractivity contribution in [3.8, 4) is 0 Å². The van der Waals surface area contributed by atoms with Gasteiger partial charge >= 0.3 is 0 Å². The van der Waals surface area contributed by atoms with Crippen LogP contribution >= 0.6 is 15.9 Å². The molecule has 1 heterocycles. The second kappa shape index (κ2) is 7.23. The van der Waals surface area contributed by atoms with Crippen molar-refractivity contribution in [1.82, 2.24) is 15.1 Å². The first-order chi connectivity index (χ1) is 9.97. The molecule has 0 unspecified atom stereocenters. The highest BCUT2D eigenvalue weighted by atomic mass is 79.9. The summed E-state index contributed by atoms with van der Waals surface area (Å²) in [6.45, 7) is 10.3. The van der Waals surface area contributed by atoms with E-state index in [1.165, 1.54) is 16.8 Å². The molecular formula is C17H24BrN3. The van der Waals surface area contributed by atoms with E-state index in [1.54, 1.807) is 0 Å². The lowest BCUT2D eigenvalue weighted by Crippen LogP contribution is -2.24. The Balaban J connectivity index is 1.97. The second-order valence-corrected chi connectivity index (χ2v) is 6.61. The number of nitrogens with one attached hydrogen (secondary N) is 1. The highest BCUT2D eigenvalue weighted by molar-refractivity contribution is 9.10. The van der Waals surface area contributed by atoms with Gasteiger partial charge < -0.3 is 5.32 Å². The highest BCUT2D eigenvalue weighted by Gasteiger charge is 2.08. The number of benzene rings is 1. The van der Waals surface area contributed by atoms with Crippen LogP contribution in [0.25, 0.3) is 0 Å². The van der Waals surface area contributed by atoms with Gasteiger partial charge in [-0.05, 0) is 53.9 Å². The van der Waals surface area contributed by atoms with Gasteiger partial charge in [0.25, 0.3) is 0 Å². The summed E-state index contributed by atoms with van der Waals surface area (Å²) in [5.74, 6) is 0. The summed E-state index contributed by atoms with van der Waals surface area (Å²) in [6, 6.07) is 9.40. The van der Waals surface area contributed by atoms with E-state index in [9.17, 15) is 0 Å². The fraction of sp³-hybridized carbons (Fsp3) is 0.471. The van der Waals surface area contributed by atoms with Crippen LogP contribution in [0.4, 0.5) is 0 Å². The summed E-state index contributed by atoms with van der Waals surface area (Å²) in [6.07, 6.45) is 1.07.